The maximum atomic E-state index is 9.16. The summed E-state index contributed by atoms with van der Waals surface area (Å²) in [6.45, 7) is 8.22. The number of ether oxygens (including phenoxy) is 1. The summed E-state index contributed by atoms with van der Waals surface area (Å²) in [4.78, 5) is 0. The summed E-state index contributed by atoms with van der Waals surface area (Å²) in [7, 11) is 0. The Morgan fingerprint density at radius 2 is 1.76 bits per heavy atom. The highest BCUT2D eigenvalue weighted by atomic mass is 16.5. The monoisotopic (exact) mass is 245 g/mol. The fourth-order valence-corrected chi connectivity index (χ4v) is 1.83. The molecule has 0 fully saturated rings. The second kappa shape index (κ2) is 12.3. The molecule has 3 heteroatoms. The zero-order valence-electron chi connectivity index (χ0n) is 11.9. The van der Waals surface area contributed by atoms with Gasteiger partial charge >= 0.3 is 0 Å². The summed E-state index contributed by atoms with van der Waals surface area (Å²) in [5.74, 6) is 0. The Labute approximate surface area is 107 Å². The highest BCUT2D eigenvalue weighted by Gasteiger charge is 2.07. The van der Waals surface area contributed by atoms with Crippen molar-refractivity contribution in [3.63, 3.8) is 0 Å². The standard InChI is InChI=1S/C14H31NO2/c1-4-5-6-7-8-10-17-11-9-14(12-16)15-13(2)3/h13-16H,4-12H2,1-3H3. The lowest BCUT2D eigenvalue weighted by molar-refractivity contribution is 0.109. The molecule has 104 valence electrons. The Kier molecular flexibility index (Phi) is 12.3. The molecule has 0 aromatic carbocycles. The van der Waals surface area contributed by atoms with E-state index < -0.39 is 0 Å². The van der Waals surface area contributed by atoms with E-state index in [2.05, 4.69) is 26.1 Å². The van der Waals surface area contributed by atoms with Gasteiger partial charge in [0, 0.05) is 25.3 Å². The van der Waals surface area contributed by atoms with Crippen molar-refractivity contribution in [1.82, 2.24) is 5.32 Å². The summed E-state index contributed by atoms with van der Waals surface area (Å²) in [5.41, 5.74) is 0. The summed E-state index contributed by atoms with van der Waals surface area (Å²) in [5, 5.41) is 12.5. The molecule has 0 saturated heterocycles. The number of aliphatic hydroxyl groups is 1. The summed E-state index contributed by atoms with van der Waals surface area (Å²) in [6, 6.07) is 0.594. The minimum atomic E-state index is 0.176. The molecule has 0 aliphatic heterocycles. The molecule has 2 N–H and O–H groups in total. The lowest BCUT2D eigenvalue weighted by Gasteiger charge is -2.18. The van der Waals surface area contributed by atoms with Crippen molar-refractivity contribution >= 4 is 0 Å². The van der Waals surface area contributed by atoms with E-state index in [0.717, 1.165) is 19.6 Å². The van der Waals surface area contributed by atoms with Crippen molar-refractivity contribution in [3.05, 3.63) is 0 Å². The fourth-order valence-electron chi connectivity index (χ4n) is 1.83. The van der Waals surface area contributed by atoms with E-state index in [1.165, 1.54) is 32.1 Å². The van der Waals surface area contributed by atoms with Crippen molar-refractivity contribution in [2.45, 2.75) is 71.4 Å². The molecule has 0 radical (unpaired) electrons. The minimum Gasteiger partial charge on any atom is -0.395 e. The molecule has 0 heterocycles. The molecule has 3 nitrogen and oxygen atoms in total. The van der Waals surface area contributed by atoms with Gasteiger partial charge in [0.25, 0.3) is 0 Å². The smallest absolute Gasteiger partial charge is 0.0585 e. The van der Waals surface area contributed by atoms with Crippen LogP contribution < -0.4 is 5.32 Å². The first-order valence-corrected chi connectivity index (χ1v) is 7.15. The normalized spacial score (nSPS) is 13.2. The van der Waals surface area contributed by atoms with Crippen molar-refractivity contribution in [3.8, 4) is 0 Å². The first-order valence-electron chi connectivity index (χ1n) is 7.15. The van der Waals surface area contributed by atoms with E-state index in [4.69, 9.17) is 9.84 Å². The van der Waals surface area contributed by atoms with E-state index in [0.29, 0.717) is 6.04 Å². The van der Waals surface area contributed by atoms with Gasteiger partial charge in [-0.05, 0) is 12.8 Å². The number of hydrogen-bond donors (Lipinski definition) is 2. The van der Waals surface area contributed by atoms with Crippen LogP contribution in [0.2, 0.25) is 0 Å². The van der Waals surface area contributed by atoms with Gasteiger partial charge in [0.05, 0.1) is 6.61 Å². The zero-order chi connectivity index (χ0) is 12.9. The van der Waals surface area contributed by atoms with Crippen LogP contribution in [0.4, 0.5) is 0 Å². The molecule has 0 saturated carbocycles. The molecule has 0 rings (SSSR count). The fraction of sp³-hybridized carbons (Fsp3) is 1.00. The summed E-state index contributed by atoms with van der Waals surface area (Å²) < 4.78 is 5.58. The highest BCUT2D eigenvalue weighted by molar-refractivity contribution is 4.67. The Balaban J connectivity index is 3.25. The van der Waals surface area contributed by atoms with E-state index in [1.807, 2.05) is 0 Å². The van der Waals surface area contributed by atoms with Gasteiger partial charge in [-0.2, -0.15) is 0 Å². The van der Waals surface area contributed by atoms with Crippen LogP contribution in [-0.2, 0) is 4.74 Å². The lowest BCUT2D eigenvalue weighted by Crippen LogP contribution is -2.38. The van der Waals surface area contributed by atoms with Crippen LogP contribution in [-0.4, -0.2) is 37.0 Å². The predicted molar refractivity (Wildman–Crippen MR) is 73.3 cm³/mol. The first-order chi connectivity index (χ1) is 8.20. The average molecular weight is 245 g/mol. The van der Waals surface area contributed by atoms with Crippen LogP contribution in [0.1, 0.15) is 59.3 Å². The molecule has 0 aromatic rings. The van der Waals surface area contributed by atoms with Crippen LogP contribution in [0.3, 0.4) is 0 Å². The molecule has 1 unspecified atom stereocenters. The van der Waals surface area contributed by atoms with Gasteiger partial charge in [-0.3, -0.25) is 0 Å². The third-order valence-corrected chi connectivity index (χ3v) is 2.79. The molecule has 0 aliphatic carbocycles. The van der Waals surface area contributed by atoms with Gasteiger partial charge in [0.1, 0.15) is 0 Å². The van der Waals surface area contributed by atoms with Gasteiger partial charge in [0.2, 0.25) is 0 Å². The Hall–Kier alpha value is -0.120. The third-order valence-electron chi connectivity index (χ3n) is 2.79. The number of rotatable bonds is 12. The zero-order valence-corrected chi connectivity index (χ0v) is 11.9. The van der Waals surface area contributed by atoms with Crippen LogP contribution in [0.15, 0.2) is 0 Å². The lowest BCUT2D eigenvalue weighted by atomic mass is 10.2. The van der Waals surface area contributed by atoms with Gasteiger partial charge < -0.3 is 15.2 Å². The Morgan fingerprint density at radius 1 is 1.06 bits per heavy atom. The van der Waals surface area contributed by atoms with Gasteiger partial charge in [-0.1, -0.05) is 46.5 Å². The van der Waals surface area contributed by atoms with Gasteiger partial charge in [-0.25, -0.2) is 0 Å². The van der Waals surface area contributed by atoms with Gasteiger partial charge in [-0.15, -0.1) is 0 Å². The van der Waals surface area contributed by atoms with Crippen LogP contribution >= 0.6 is 0 Å². The van der Waals surface area contributed by atoms with Crippen molar-refractivity contribution in [1.29, 1.82) is 0 Å². The average Bonchev–Trinajstić information content (AvgIpc) is 2.30. The number of aliphatic hydroxyl groups excluding tert-OH is 1. The molecular weight excluding hydrogens is 214 g/mol. The predicted octanol–water partition coefficient (Wildman–Crippen LogP) is 2.72. The van der Waals surface area contributed by atoms with Gasteiger partial charge in [0.15, 0.2) is 0 Å². The number of hydrogen-bond acceptors (Lipinski definition) is 3. The Morgan fingerprint density at radius 3 is 2.35 bits per heavy atom. The number of nitrogens with one attached hydrogen (secondary N) is 1. The third kappa shape index (κ3) is 12.1. The maximum Gasteiger partial charge on any atom is 0.0585 e. The molecule has 0 amide bonds. The van der Waals surface area contributed by atoms with Crippen molar-refractivity contribution in [2.24, 2.45) is 0 Å². The molecule has 0 aromatic heterocycles. The van der Waals surface area contributed by atoms with E-state index in [9.17, 15) is 0 Å². The molecule has 0 bridgehead atoms. The molecule has 17 heavy (non-hydrogen) atoms. The minimum absolute atomic E-state index is 0.176. The topological polar surface area (TPSA) is 41.5 Å². The second-order valence-electron chi connectivity index (χ2n) is 5.02. The molecule has 1 atom stereocenters. The van der Waals surface area contributed by atoms with Crippen molar-refractivity contribution < 1.29 is 9.84 Å². The quantitative estimate of drug-likeness (QED) is 0.519. The van der Waals surface area contributed by atoms with Crippen molar-refractivity contribution in [2.75, 3.05) is 19.8 Å². The van der Waals surface area contributed by atoms with E-state index in [-0.39, 0.29) is 12.6 Å². The second-order valence-corrected chi connectivity index (χ2v) is 5.02. The molecule has 0 spiro atoms. The summed E-state index contributed by atoms with van der Waals surface area (Å²) in [6.07, 6.45) is 7.30. The first kappa shape index (κ1) is 16.9. The SMILES string of the molecule is CCCCCCCOCCC(CO)NC(C)C. The highest BCUT2D eigenvalue weighted by Crippen LogP contribution is 2.03. The van der Waals surface area contributed by atoms with Crippen LogP contribution in [0.5, 0.6) is 0 Å². The number of unbranched alkanes of at least 4 members (excludes halogenated alkanes) is 4. The summed E-state index contributed by atoms with van der Waals surface area (Å²) >= 11 is 0. The Bertz CT molecular complexity index is 151. The molecule has 0 aliphatic rings. The van der Waals surface area contributed by atoms with E-state index in [1.54, 1.807) is 0 Å². The molecular formula is C14H31NO2. The largest absolute Gasteiger partial charge is 0.395 e. The van der Waals surface area contributed by atoms with Crippen LogP contribution in [0, 0.1) is 0 Å². The van der Waals surface area contributed by atoms with E-state index >= 15 is 0 Å². The maximum absolute atomic E-state index is 9.16. The van der Waals surface area contributed by atoms with Crippen LogP contribution in [0.25, 0.3) is 0 Å².